The van der Waals surface area contributed by atoms with Crippen LogP contribution in [0.1, 0.15) is 59.9 Å². The first-order valence-corrected chi connectivity index (χ1v) is 15.9. The Balaban J connectivity index is 1.13. The molecule has 1 saturated heterocycles. The van der Waals surface area contributed by atoms with Crippen LogP contribution in [-0.2, 0) is 11.8 Å². The fourth-order valence-electron chi connectivity index (χ4n) is 5.36. The van der Waals surface area contributed by atoms with Crippen molar-refractivity contribution in [3.05, 3.63) is 59.9 Å². The van der Waals surface area contributed by atoms with E-state index in [2.05, 4.69) is 43.5 Å². The maximum absolute atomic E-state index is 13.2. The summed E-state index contributed by atoms with van der Waals surface area (Å²) in [6.45, 7) is 3.04. The van der Waals surface area contributed by atoms with Gasteiger partial charge < -0.3 is 34.9 Å². The lowest BCUT2D eigenvalue weighted by Gasteiger charge is -2.32. The Labute approximate surface area is 270 Å². The number of carbonyl (C=O) groups is 3. The Morgan fingerprint density at radius 3 is 2.59 bits per heavy atom. The number of methoxy groups -OCH3 is 1. The average molecular weight is 713 g/mol. The molecule has 2 aliphatic rings. The van der Waals surface area contributed by atoms with Crippen molar-refractivity contribution in [3.8, 4) is 11.5 Å². The van der Waals surface area contributed by atoms with Crippen molar-refractivity contribution >= 4 is 69.3 Å². The molecule has 5 rings (SSSR count). The number of amides is 3. The van der Waals surface area contributed by atoms with Crippen molar-refractivity contribution in [1.29, 1.82) is 0 Å². The summed E-state index contributed by atoms with van der Waals surface area (Å²) in [7, 11) is 3.29. The van der Waals surface area contributed by atoms with Gasteiger partial charge in [-0.2, -0.15) is 0 Å². The highest BCUT2D eigenvalue weighted by atomic mass is 127. The minimum atomic E-state index is -0.277. The summed E-state index contributed by atoms with van der Waals surface area (Å²) in [5.41, 5.74) is 3.65. The van der Waals surface area contributed by atoms with Gasteiger partial charge in [0, 0.05) is 49.9 Å². The number of hydrogen-bond acceptors (Lipinski definition) is 7. The number of aromatic nitrogens is 1. The van der Waals surface area contributed by atoms with Gasteiger partial charge in [-0.05, 0) is 69.0 Å². The number of piperidine rings is 1. The van der Waals surface area contributed by atoms with Gasteiger partial charge in [0.1, 0.15) is 5.69 Å². The lowest BCUT2D eigenvalue weighted by Crippen LogP contribution is -2.43. The highest BCUT2D eigenvalue weighted by molar-refractivity contribution is 14.1. The minimum absolute atomic E-state index is 0.0111. The number of nitrogens with zero attached hydrogens (tertiary/aromatic N) is 3. The fourth-order valence-corrected chi connectivity index (χ4v) is 5.72. The standard InChI is InChI=1S/C32H37IN6O5/c1-20(33)35-21-9-11-22(12-10-21)37-31(41)27-15-23(19-38(27)2)36-30(40)8-6-14-44-29-17-26-25(16-28(29)43-3)32(42)39-13-5-4-7-24(39)18-34-26/h9-12,15-20,24,35H,4-8,13-14H2,1-3H3,(H,36,40)(H,37,41)/t20-,24+/m1/s1. The van der Waals surface area contributed by atoms with E-state index in [1.165, 1.54) is 7.11 Å². The first-order valence-electron chi connectivity index (χ1n) is 14.7. The van der Waals surface area contributed by atoms with Crippen LogP contribution < -0.4 is 25.4 Å². The van der Waals surface area contributed by atoms with E-state index in [-0.39, 0.29) is 40.8 Å². The number of ether oxygens (including phenoxy) is 2. The van der Waals surface area contributed by atoms with Crippen LogP contribution in [0.2, 0.25) is 0 Å². The highest BCUT2D eigenvalue weighted by Crippen LogP contribution is 2.38. The molecule has 0 aliphatic carbocycles. The number of halogens is 1. The SMILES string of the molecule is COc1cc2c(cc1OCCCC(=O)Nc1cc(C(=O)Nc3ccc(N[C@H](C)I)cc3)n(C)c1)N=C[C@@H]1CCCCN1C2=O. The first-order chi connectivity index (χ1) is 21.2. The summed E-state index contributed by atoms with van der Waals surface area (Å²) < 4.78 is 13.4. The summed E-state index contributed by atoms with van der Waals surface area (Å²) in [6.07, 6.45) is 7.20. The largest absolute Gasteiger partial charge is 0.493 e. The van der Waals surface area contributed by atoms with Crippen LogP contribution in [0.5, 0.6) is 11.5 Å². The van der Waals surface area contributed by atoms with Gasteiger partial charge in [-0.3, -0.25) is 19.4 Å². The van der Waals surface area contributed by atoms with Gasteiger partial charge in [-0.1, -0.05) is 22.6 Å². The minimum Gasteiger partial charge on any atom is -0.493 e. The third-order valence-electron chi connectivity index (χ3n) is 7.54. The number of hydrogen-bond donors (Lipinski definition) is 3. The quantitative estimate of drug-likeness (QED) is 0.0972. The zero-order chi connectivity index (χ0) is 31.2. The van der Waals surface area contributed by atoms with Crippen LogP contribution >= 0.6 is 22.6 Å². The molecule has 0 spiro atoms. The number of benzene rings is 2. The van der Waals surface area contributed by atoms with Crippen molar-refractivity contribution in [2.24, 2.45) is 12.0 Å². The number of aliphatic imine (C=N–C) groups is 1. The molecule has 3 heterocycles. The predicted molar refractivity (Wildman–Crippen MR) is 180 cm³/mol. The normalized spacial score (nSPS) is 16.3. The molecule has 0 bridgehead atoms. The number of fused-ring (bicyclic) bond motifs is 2. The van der Waals surface area contributed by atoms with Crippen molar-refractivity contribution in [2.45, 2.75) is 49.1 Å². The molecule has 3 N–H and O–H groups in total. The van der Waals surface area contributed by atoms with E-state index in [0.717, 1.165) is 31.5 Å². The Morgan fingerprint density at radius 1 is 1.07 bits per heavy atom. The van der Waals surface area contributed by atoms with Gasteiger partial charge in [-0.15, -0.1) is 0 Å². The lowest BCUT2D eigenvalue weighted by atomic mass is 10.0. The smallest absolute Gasteiger partial charge is 0.272 e. The van der Waals surface area contributed by atoms with E-state index in [0.29, 0.717) is 46.2 Å². The summed E-state index contributed by atoms with van der Waals surface area (Å²) in [5.74, 6) is 0.407. The molecule has 44 heavy (non-hydrogen) atoms. The molecule has 2 aromatic carbocycles. The van der Waals surface area contributed by atoms with E-state index in [9.17, 15) is 14.4 Å². The second-order valence-electron chi connectivity index (χ2n) is 10.9. The predicted octanol–water partition coefficient (Wildman–Crippen LogP) is 5.99. The molecular formula is C32H37IN6O5. The first kappa shape index (κ1) is 31.4. The summed E-state index contributed by atoms with van der Waals surface area (Å²) in [4.78, 5) is 45.2. The molecule has 0 radical (unpaired) electrons. The van der Waals surface area contributed by atoms with Gasteiger partial charge in [0.05, 0.1) is 40.7 Å². The lowest BCUT2D eigenvalue weighted by molar-refractivity contribution is -0.116. The second kappa shape index (κ2) is 14.1. The number of rotatable bonds is 11. The van der Waals surface area contributed by atoms with E-state index in [1.54, 1.807) is 36.0 Å². The van der Waals surface area contributed by atoms with Crippen molar-refractivity contribution in [1.82, 2.24) is 9.47 Å². The third kappa shape index (κ3) is 7.52. The van der Waals surface area contributed by atoms with E-state index in [4.69, 9.17) is 9.47 Å². The molecule has 1 fully saturated rings. The number of anilines is 3. The molecule has 1 aromatic heterocycles. The second-order valence-corrected chi connectivity index (χ2v) is 12.7. The van der Waals surface area contributed by atoms with E-state index < -0.39 is 0 Å². The topological polar surface area (TPSA) is 126 Å². The van der Waals surface area contributed by atoms with Crippen molar-refractivity contribution in [3.63, 3.8) is 0 Å². The van der Waals surface area contributed by atoms with Crippen LogP contribution in [0.25, 0.3) is 0 Å². The van der Waals surface area contributed by atoms with Gasteiger partial charge in [-0.25, -0.2) is 0 Å². The van der Waals surface area contributed by atoms with Crippen LogP contribution in [-0.4, -0.2) is 63.8 Å². The zero-order valence-electron chi connectivity index (χ0n) is 25.1. The molecule has 0 saturated carbocycles. The molecule has 3 amide bonds. The van der Waals surface area contributed by atoms with Gasteiger partial charge in [0.2, 0.25) is 5.91 Å². The monoisotopic (exact) mass is 712 g/mol. The number of aryl methyl sites for hydroxylation is 1. The molecule has 3 aromatic rings. The summed E-state index contributed by atoms with van der Waals surface area (Å²) in [5, 5.41) is 9.05. The molecule has 2 atom stereocenters. The fraction of sp³-hybridized carbons (Fsp3) is 0.375. The summed E-state index contributed by atoms with van der Waals surface area (Å²) in [6, 6.07) is 12.6. The molecule has 11 nitrogen and oxygen atoms in total. The Bertz CT molecular complexity index is 1550. The molecule has 2 aliphatic heterocycles. The van der Waals surface area contributed by atoms with E-state index >= 15 is 0 Å². The summed E-state index contributed by atoms with van der Waals surface area (Å²) >= 11 is 2.28. The van der Waals surface area contributed by atoms with Crippen LogP contribution in [0.3, 0.4) is 0 Å². The van der Waals surface area contributed by atoms with Crippen molar-refractivity contribution in [2.75, 3.05) is 36.2 Å². The highest BCUT2D eigenvalue weighted by Gasteiger charge is 2.31. The molecule has 12 heteroatoms. The number of alkyl halides is 1. The number of carbonyl (C=O) groups excluding carboxylic acids is 3. The zero-order valence-corrected chi connectivity index (χ0v) is 27.2. The van der Waals surface area contributed by atoms with Crippen LogP contribution in [0, 0.1) is 0 Å². The van der Waals surface area contributed by atoms with Crippen LogP contribution in [0.4, 0.5) is 22.7 Å². The maximum Gasteiger partial charge on any atom is 0.272 e. The molecular weight excluding hydrogens is 675 g/mol. The average Bonchev–Trinajstić information content (AvgIpc) is 3.31. The van der Waals surface area contributed by atoms with Gasteiger partial charge in [0.15, 0.2) is 11.5 Å². The molecule has 232 valence electrons. The van der Waals surface area contributed by atoms with Gasteiger partial charge >= 0.3 is 0 Å². The van der Waals surface area contributed by atoms with Gasteiger partial charge in [0.25, 0.3) is 11.8 Å². The molecule has 0 unspecified atom stereocenters. The van der Waals surface area contributed by atoms with E-state index in [1.807, 2.05) is 42.3 Å². The Kier molecular flexibility index (Phi) is 10.1. The number of nitrogens with one attached hydrogen (secondary N) is 3. The van der Waals surface area contributed by atoms with Crippen LogP contribution in [0.15, 0.2) is 53.7 Å². The third-order valence-corrected chi connectivity index (χ3v) is 7.85. The van der Waals surface area contributed by atoms with Crippen molar-refractivity contribution < 1.29 is 23.9 Å². The Hall–Kier alpha value is -4.07. The maximum atomic E-state index is 13.2. The Morgan fingerprint density at radius 2 is 1.84 bits per heavy atom.